The van der Waals surface area contributed by atoms with Crippen LogP contribution in [-0.4, -0.2) is 91.5 Å². The number of carboxylic acids is 4. The van der Waals surface area contributed by atoms with Crippen LogP contribution in [0.25, 0.3) is 11.0 Å². The Labute approximate surface area is 269 Å². The van der Waals surface area contributed by atoms with Crippen LogP contribution in [0.15, 0.2) is 84.4 Å². The van der Waals surface area contributed by atoms with Gasteiger partial charge in [0.25, 0.3) is 0 Å². The average Bonchev–Trinajstić information content (AvgIpc) is 3.47. The van der Waals surface area contributed by atoms with Crippen molar-refractivity contribution in [3.8, 4) is 0 Å². The number of anilines is 3. The summed E-state index contributed by atoms with van der Waals surface area (Å²) in [5.41, 5.74) is 0.936. The Morgan fingerprint density at radius 3 is 1.74 bits per heavy atom. The molecule has 0 unspecified atom stereocenters. The van der Waals surface area contributed by atoms with E-state index in [1.54, 1.807) is 12.2 Å². The number of aromatic nitrogens is 3. The van der Waals surface area contributed by atoms with Crippen molar-refractivity contribution in [3.63, 3.8) is 0 Å². The summed E-state index contributed by atoms with van der Waals surface area (Å²) in [4.78, 5) is 54.0. The third-order valence-corrected chi connectivity index (χ3v) is 5.99. The van der Waals surface area contributed by atoms with Crippen LogP contribution in [0.1, 0.15) is 18.6 Å². The molecule has 250 valence electrons. The summed E-state index contributed by atoms with van der Waals surface area (Å²) in [6, 6.07) is 10.6. The maximum Gasteiger partial charge on any atom is 0.328 e. The van der Waals surface area contributed by atoms with Gasteiger partial charge in [0.05, 0.1) is 6.54 Å². The largest absolute Gasteiger partial charge is 0.478 e. The van der Waals surface area contributed by atoms with Crippen molar-refractivity contribution in [2.45, 2.75) is 25.4 Å². The molecule has 16 heteroatoms. The van der Waals surface area contributed by atoms with Gasteiger partial charge in [-0.2, -0.15) is 15.0 Å². The van der Waals surface area contributed by atoms with Crippen molar-refractivity contribution < 1.29 is 44.0 Å². The second-order valence-electron chi connectivity index (χ2n) is 9.53. The summed E-state index contributed by atoms with van der Waals surface area (Å²) < 4.78 is 5.91. The number of para-hydroxylation sites is 1. The van der Waals surface area contributed by atoms with Gasteiger partial charge >= 0.3 is 23.9 Å². The van der Waals surface area contributed by atoms with E-state index >= 15 is 0 Å². The fourth-order valence-electron chi connectivity index (χ4n) is 3.93. The summed E-state index contributed by atoms with van der Waals surface area (Å²) in [6.07, 6.45) is 7.81. The van der Waals surface area contributed by atoms with E-state index in [0.717, 1.165) is 49.2 Å². The maximum atomic E-state index is 9.55. The number of benzene rings is 1. The minimum atomic E-state index is -1.26. The van der Waals surface area contributed by atoms with Crippen LogP contribution in [0.2, 0.25) is 0 Å². The zero-order chi connectivity index (χ0) is 34.6. The Balaban J connectivity index is 0.000000397. The second kappa shape index (κ2) is 20.1. The Kier molecular flexibility index (Phi) is 15.9. The molecule has 3 heterocycles. The molecule has 1 aliphatic rings. The van der Waals surface area contributed by atoms with E-state index in [1.807, 2.05) is 18.2 Å². The molecule has 1 aromatic carbocycles. The third-order valence-electron chi connectivity index (χ3n) is 5.99. The monoisotopic (exact) mass is 651 g/mol. The normalized spacial score (nSPS) is 12.8. The fraction of sp³-hybridized carbons (Fsp3) is 0.258. The molecule has 0 amide bonds. The predicted octanol–water partition coefficient (Wildman–Crippen LogP) is 3.00. The van der Waals surface area contributed by atoms with Crippen LogP contribution in [0.4, 0.5) is 17.8 Å². The van der Waals surface area contributed by atoms with Crippen molar-refractivity contribution in [3.05, 3.63) is 85.7 Å². The zero-order valence-corrected chi connectivity index (χ0v) is 25.4. The quantitative estimate of drug-likeness (QED) is 0.0979. The molecule has 0 aliphatic carbocycles. The first kappa shape index (κ1) is 37.2. The molecule has 0 bridgehead atoms. The van der Waals surface area contributed by atoms with Gasteiger partial charge in [-0.25, -0.2) is 19.2 Å². The number of aliphatic carboxylic acids is 4. The first-order valence-electron chi connectivity index (χ1n) is 14.2. The Hall–Kier alpha value is -6.03. The summed E-state index contributed by atoms with van der Waals surface area (Å²) in [5, 5.41) is 42.3. The molecular weight excluding hydrogens is 614 g/mol. The van der Waals surface area contributed by atoms with Crippen molar-refractivity contribution in [1.82, 2.24) is 20.3 Å². The van der Waals surface area contributed by atoms with Gasteiger partial charge in [0.2, 0.25) is 17.8 Å². The van der Waals surface area contributed by atoms with Gasteiger partial charge in [0.1, 0.15) is 11.3 Å². The van der Waals surface area contributed by atoms with Gasteiger partial charge in [-0.3, -0.25) is 0 Å². The number of furan rings is 1. The highest BCUT2D eigenvalue weighted by Crippen LogP contribution is 2.21. The summed E-state index contributed by atoms with van der Waals surface area (Å²) in [5.74, 6) is -2.29. The number of hydrogen-bond donors (Lipinski definition) is 7. The zero-order valence-electron chi connectivity index (χ0n) is 25.4. The Morgan fingerprint density at radius 2 is 1.30 bits per heavy atom. The number of piperidine rings is 1. The lowest BCUT2D eigenvalue weighted by atomic mass is 10.1. The first-order chi connectivity index (χ1) is 22.5. The van der Waals surface area contributed by atoms with Gasteiger partial charge in [-0.05, 0) is 25.0 Å². The fourth-order valence-corrected chi connectivity index (χ4v) is 3.93. The highest BCUT2D eigenvalue weighted by molar-refractivity contribution is 5.90. The molecule has 4 rings (SSSR count). The van der Waals surface area contributed by atoms with Gasteiger partial charge < -0.3 is 45.7 Å². The van der Waals surface area contributed by atoms with Crippen LogP contribution in [0, 0.1) is 0 Å². The van der Waals surface area contributed by atoms with Crippen LogP contribution < -0.4 is 20.9 Å². The molecule has 3 aromatic rings. The van der Waals surface area contributed by atoms with Crippen LogP contribution >= 0.6 is 0 Å². The van der Waals surface area contributed by atoms with Crippen LogP contribution in [-0.2, 0) is 25.7 Å². The summed E-state index contributed by atoms with van der Waals surface area (Å²) in [6.45, 7) is 11.1. The molecule has 0 saturated carbocycles. The molecule has 0 radical (unpaired) electrons. The summed E-state index contributed by atoms with van der Waals surface area (Å²) >= 11 is 0. The molecule has 0 spiro atoms. The molecular formula is C31H37N7O9. The lowest BCUT2D eigenvalue weighted by Crippen LogP contribution is -2.43. The molecule has 47 heavy (non-hydrogen) atoms. The predicted molar refractivity (Wildman–Crippen MR) is 174 cm³/mol. The van der Waals surface area contributed by atoms with Crippen molar-refractivity contribution in [1.29, 1.82) is 0 Å². The minimum absolute atomic E-state index is 0.433. The standard InChI is InChI=1S/C23H29N7O.2C4H4O4/c1-3-11-24-21-27-22(25-12-4-2)29-23(28-21)30-13-9-18(10-14-30)26-16-19-15-17-7-5-6-8-20(17)31-19;2*5-3(6)1-2-4(7)8/h3-8,15,18,26H,1-2,9-14,16H2,(H2,24,25,27,28,29);2*1-2H,(H,5,6)(H,7,8). The van der Waals surface area contributed by atoms with E-state index in [4.69, 9.17) is 24.8 Å². The van der Waals surface area contributed by atoms with E-state index in [0.29, 0.717) is 61.3 Å². The number of carbonyl (C=O) groups is 4. The van der Waals surface area contributed by atoms with Crippen LogP contribution in [0.3, 0.4) is 0 Å². The molecule has 7 N–H and O–H groups in total. The minimum Gasteiger partial charge on any atom is -0.478 e. The first-order valence-corrected chi connectivity index (χ1v) is 14.2. The van der Waals surface area contributed by atoms with Gasteiger partial charge in [0, 0.05) is 61.9 Å². The van der Waals surface area contributed by atoms with E-state index in [-0.39, 0.29) is 0 Å². The van der Waals surface area contributed by atoms with Crippen molar-refractivity contribution >= 4 is 52.7 Å². The summed E-state index contributed by atoms with van der Waals surface area (Å²) in [7, 11) is 0. The van der Waals surface area contributed by atoms with Gasteiger partial charge in [-0.15, -0.1) is 13.2 Å². The molecule has 0 atom stereocenters. The number of nitrogens with zero attached hydrogens (tertiary/aromatic N) is 4. The molecule has 2 aromatic heterocycles. The molecule has 1 saturated heterocycles. The topological polar surface area (TPSA) is 240 Å². The molecule has 1 aliphatic heterocycles. The number of rotatable bonds is 14. The lowest BCUT2D eigenvalue weighted by molar-refractivity contribution is -0.134. The highest BCUT2D eigenvalue weighted by atomic mass is 16.4. The van der Waals surface area contributed by atoms with Crippen molar-refractivity contribution in [2.24, 2.45) is 0 Å². The highest BCUT2D eigenvalue weighted by Gasteiger charge is 2.22. The van der Waals surface area contributed by atoms with E-state index in [2.05, 4.69) is 61.1 Å². The maximum absolute atomic E-state index is 9.55. The second-order valence-corrected chi connectivity index (χ2v) is 9.53. The number of nitrogens with one attached hydrogen (secondary N) is 3. The average molecular weight is 652 g/mol. The van der Waals surface area contributed by atoms with E-state index < -0.39 is 23.9 Å². The van der Waals surface area contributed by atoms with Crippen LogP contribution in [0.5, 0.6) is 0 Å². The SMILES string of the molecule is C=CCNc1nc(NCC=C)nc(N2CCC(NCc3cc4ccccc4o3)CC2)n1.O=C(O)C=CC(=O)O.O=C(O)C=CC(=O)O. The number of carboxylic acid groups (broad SMARTS) is 4. The third kappa shape index (κ3) is 15.0. The lowest BCUT2D eigenvalue weighted by Gasteiger charge is -2.32. The number of hydrogen-bond acceptors (Lipinski definition) is 12. The number of fused-ring (bicyclic) bond motifs is 1. The van der Waals surface area contributed by atoms with E-state index in [9.17, 15) is 19.2 Å². The molecule has 16 nitrogen and oxygen atoms in total. The van der Waals surface area contributed by atoms with Crippen molar-refractivity contribution in [2.75, 3.05) is 41.7 Å². The molecule has 1 fully saturated rings. The Bertz CT molecular complexity index is 1450. The smallest absolute Gasteiger partial charge is 0.328 e. The van der Waals surface area contributed by atoms with E-state index in [1.165, 1.54) is 0 Å². The van der Waals surface area contributed by atoms with Gasteiger partial charge in [-0.1, -0.05) is 30.4 Å². The Morgan fingerprint density at radius 1 is 0.809 bits per heavy atom. The van der Waals surface area contributed by atoms with Gasteiger partial charge in [0.15, 0.2) is 0 Å².